The van der Waals surface area contributed by atoms with E-state index in [1.807, 2.05) is 18.2 Å². The summed E-state index contributed by atoms with van der Waals surface area (Å²) in [5, 5.41) is 10.1. The first kappa shape index (κ1) is 11.7. The van der Waals surface area contributed by atoms with Gasteiger partial charge in [0.15, 0.2) is 0 Å². The summed E-state index contributed by atoms with van der Waals surface area (Å²) in [5.41, 5.74) is 1.88. The van der Waals surface area contributed by atoms with E-state index >= 15 is 0 Å². The second-order valence-electron chi connectivity index (χ2n) is 3.64. The SMILES string of the molecule is CC(Sc1ncccc1C#N)c1ccccc1. The van der Waals surface area contributed by atoms with E-state index in [0.29, 0.717) is 5.56 Å². The molecular weight excluding hydrogens is 228 g/mol. The van der Waals surface area contributed by atoms with E-state index in [1.165, 1.54) is 5.56 Å². The van der Waals surface area contributed by atoms with Crippen LogP contribution in [0.2, 0.25) is 0 Å². The summed E-state index contributed by atoms with van der Waals surface area (Å²) < 4.78 is 0. The van der Waals surface area contributed by atoms with Crippen LogP contribution in [0.1, 0.15) is 23.3 Å². The Morgan fingerprint density at radius 1 is 1.18 bits per heavy atom. The third-order valence-corrected chi connectivity index (χ3v) is 3.62. The van der Waals surface area contributed by atoms with E-state index in [-0.39, 0.29) is 5.25 Å². The van der Waals surface area contributed by atoms with E-state index in [0.717, 1.165) is 5.03 Å². The second kappa shape index (κ2) is 5.51. The van der Waals surface area contributed by atoms with Crippen LogP contribution < -0.4 is 0 Å². The van der Waals surface area contributed by atoms with Gasteiger partial charge in [0.25, 0.3) is 0 Å². The number of thioether (sulfide) groups is 1. The molecule has 0 aliphatic rings. The number of aromatic nitrogens is 1. The van der Waals surface area contributed by atoms with Crippen molar-refractivity contribution in [3.63, 3.8) is 0 Å². The molecule has 84 valence electrons. The number of benzene rings is 1. The van der Waals surface area contributed by atoms with E-state index in [1.54, 1.807) is 30.1 Å². The van der Waals surface area contributed by atoms with Gasteiger partial charge in [0.2, 0.25) is 0 Å². The van der Waals surface area contributed by atoms with E-state index in [9.17, 15) is 0 Å². The van der Waals surface area contributed by atoms with Crippen LogP contribution >= 0.6 is 11.8 Å². The first-order chi connectivity index (χ1) is 8.31. The lowest BCUT2D eigenvalue weighted by atomic mass is 10.2. The maximum absolute atomic E-state index is 9.00. The van der Waals surface area contributed by atoms with Crippen LogP contribution in [0.25, 0.3) is 0 Å². The maximum Gasteiger partial charge on any atom is 0.114 e. The van der Waals surface area contributed by atoms with Gasteiger partial charge in [0, 0.05) is 11.4 Å². The topological polar surface area (TPSA) is 36.7 Å². The third-order valence-electron chi connectivity index (χ3n) is 2.45. The summed E-state index contributed by atoms with van der Waals surface area (Å²) in [6.45, 7) is 2.12. The Morgan fingerprint density at radius 2 is 1.94 bits per heavy atom. The van der Waals surface area contributed by atoms with Crippen molar-refractivity contribution in [3.8, 4) is 6.07 Å². The molecule has 0 N–H and O–H groups in total. The summed E-state index contributed by atoms with van der Waals surface area (Å²) in [7, 11) is 0. The molecule has 17 heavy (non-hydrogen) atoms. The van der Waals surface area contributed by atoms with Gasteiger partial charge >= 0.3 is 0 Å². The van der Waals surface area contributed by atoms with Gasteiger partial charge in [-0.05, 0) is 24.6 Å². The fraction of sp³-hybridized carbons (Fsp3) is 0.143. The molecule has 2 nitrogen and oxygen atoms in total. The fourth-order valence-electron chi connectivity index (χ4n) is 1.53. The maximum atomic E-state index is 9.00. The van der Waals surface area contributed by atoms with Crippen molar-refractivity contribution < 1.29 is 0 Å². The van der Waals surface area contributed by atoms with Crippen molar-refractivity contribution in [1.29, 1.82) is 5.26 Å². The van der Waals surface area contributed by atoms with Crippen molar-refractivity contribution in [2.45, 2.75) is 17.2 Å². The van der Waals surface area contributed by atoms with Crippen molar-refractivity contribution >= 4 is 11.8 Å². The third kappa shape index (κ3) is 2.86. The summed E-state index contributed by atoms with van der Waals surface area (Å²) in [4.78, 5) is 4.26. The average molecular weight is 240 g/mol. The van der Waals surface area contributed by atoms with Crippen LogP contribution in [0.3, 0.4) is 0 Å². The fourth-order valence-corrected chi connectivity index (χ4v) is 2.52. The molecule has 0 bridgehead atoms. The highest BCUT2D eigenvalue weighted by atomic mass is 32.2. The van der Waals surface area contributed by atoms with Gasteiger partial charge in [-0.3, -0.25) is 0 Å². The Morgan fingerprint density at radius 3 is 2.65 bits per heavy atom. The number of pyridine rings is 1. The molecule has 0 fully saturated rings. The predicted octanol–water partition coefficient (Wildman–Crippen LogP) is 3.81. The van der Waals surface area contributed by atoms with Crippen LogP contribution in [-0.4, -0.2) is 4.98 Å². The van der Waals surface area contributed by atoms with E-state index in [2.05, 4.69) is 30.1 Å². The zero-order valence-corrected chi connectivity index (χ0v) is 10.3. The average Bonchev–Trinajstić information content (AvgIpc) is 2.40. The summed E-state index contributed by atoms with van der Waals surface area (Å²) in [6.07, 6.45) is 1.72. The number of rotatable bonds is 3. The molecule has 1 aromatic heterocycles. The summed E-state index contributed by atoms with van der Waals surface area (Å²) in [6, 6.07) is 16.0. The van der Waals surface area contributed by atoms with Crippen LogP contribution in [0.4, 0.5) is 0 Å². The van der Waals surface area contributed by atoms with E-state index in [4.69, 9.17) is 5.26 Å². The lowest BCUT2D eigenvalue weighted by Gasteiger charge is -2.11. The number of hydrogen-bond acceptors (Lipinski definition) is 3. The minimum Gasteiger partial charge on any atom is -0.249 e. The molecule has 1 heterocycles. The predicted molar refractivity (Wildman–Crippen MR) is 69.7 cm³/mol. The Bertz CT molecular complexity index is 531. The molecule has 1 unspecified atom stereocenters. The lowest BCUT2D eigenvalue weighted by molar-refractivity contribution is 1.05. The zero-order valence-electron chi connectivity index (χ0n) is 9.50. The van der Waals surface area contributed by atoms with Gasteiger partial charge in [-0.25, -0.2) is 4.98 Å². The largest absolute Gasteiger partial charge is 0.249 e. The lowest BCUT2D eigenvalue weighted by Crippen LogP contribution is -1.91. The molecule has 0 aliphatic carbocycles. The molecular formula is C14H12N2S. The quantitative estimate of drug-likeness (QED) is 0.765. The summed E-state index contributed by atoms with van der Waals surface area (Å²) in [5.74, 6) is 0. The van der Waals surface area contributed by atoms with Gasteiger partial charge in [0.05, 0.1) is 5.56 Å². The Labute approximate surface area is 105 Å². The van der Waals surface area contributed by atoms with Crippen molar-refractivity contribution in [2.24, 2.45) is 0 Å². The number of nitriles is 1. The first-order valence-electron chi connectivity index (χ1n) is 5.38. The molecule has 0 saturated carbocycles. The van der Waals surface area contributed by atoms with Crippen molar-refractivity contribution in [1.82, 2.24) is 4.98 Å². The van der Waals surface area contributed by atoms with Crippen LogP contribution in [-0.2, 0) is 0 Å². The second-order valence-corrected chi connectivity index (χ2v) is 4.97. The van der Waals surface area contributed by atoms with Gasteiger partial charge in [-0.1, -0.05) is 42.1 Å². The monoisotopic (exact) mass is 240 g/mol. The number of nitrogens with zero attached hydrogens (tertiary/aromatic N) is 2. The highest BCUT2D eigenvalue weighted by Crippen LogP contribution is 2.34. The van der Waals surface area contributed by atoms with Crippen molar-refractivity contribution in [3.05, 3.63) is 59.8 Å². The molecule has 1 atom stereocenters. The van der Waals surface area contributed by atoms with Gasteiger partial charge in [-0.15, -0.1) is 0 Å². The Balaban J connectivity index is 2.19. The van der Waals surface area contributed by atoms with Gasteiger partial charge in [0.1, 0.15) is 11.1 Å². The molecule has 3 heteroatoms. The molecule has 0 radical (unpaired) electrons. The zero-order chi connectivity index (χ0) is 12.1. The minimum absolute atomic E-state index is 0.290. The highest BCUT2D eigenvalue weighted by Gasteiger charge is 2.10. The first-order valence-corrected chi connectivity index (χ1v) is 6.26. The highest BCUT2D eigenvalue weighted by molar-refractivity contribution is 7.99. The molecule has 2 aromatic rings. The standard InChI is InChI=1S/C14H12N2S/c1-11(12-6-3-2-4-7-12)17-14-13(10-15)8-5-9-16-14/h2-9,11H,1H3. The molecule has 0 amide bonds. The molecule has 0 saturated heterocycles. The van der Waals surface area contributed by atoms with E-state index < -0.39 is 0 Å². The molecule has 0 aliphatic heterocycles. The minimum atomic E-state index is 0.290. The van der Waals surface area contributed by atoms with Crippen LogP contribution in [0.15, 0.2) is 53.7 Å². The van der Waals surface area contributed by atoms with Crippen LogP contribution in [0.5, 0.6) is 0 Å². The van der Waals surface area contributed by atoms with Crippen molar-refractivity contribution in [2.75, 3.05) is 0 Å². The molecule has 0 spiro atoms. The Hall–Kier alpha value is -1.79. The normalized spacial score (nSPS) is 11.8. The van der Waals surface area contributed by atoms with Crippen LogP contribution in [0, 0.1) is 11.3 Å². The smallest absolute Gasteiger partial charge is 0.114 e. The summed E-state index contributed by atoms with van der Waals surface area (Å²) >= 11 is 1.61. The molecule has 2 rings (SSSR count). The number of hydrogen-bond donors (Lipinski definition) is 0. The Kier molecular flexibility index (Phi) is 3.79. The molecule has 1 aromatic carbocycles. The van der Waals surface area contributed by atoms with Gasteiger partial charge < -0.3 is 0 Å². The van der Waals surface area contributed by atoms with Gasteiger partial charge in [-0.2, -0.15) is 5.26 Å².